The van der Waals surface area contributed by atoms with E-state index in [0.29, 0.717) is 0 Å². The molecule has 0 aliphatic carbocycles. The molecule has 1 heterocycles. The average molecular weight is 330 g/mol. The molecule has 0 saturated heterocycles. The quantitative estimate of drug-likeness (QED) is 0.719. The van der Waals surface area contributed by atoms with Crippen molar-refractivity contribution in [2.45, 2.75) is 19.1 Å². The van der Waals surface area contributed by atoms with Gasteiger partial charge in [0.2, 0.25) is 5.78 Å². The number of ether oxygens (including phenoxy) is 2. The molecule has 0 amide bonds. The van der Waals surface area contributed by atoms with Crippen LogP contribution in [0.25, 0.3) is 0 Å². The lowest BCUT2D eigenvalue weighted by Gasteiger charge is -2.36. The fourth-order valence-corrected chi connectivity index (χ4v) is 2.61. The van der Waals surface area contributed by atoms with Gasteiger partial charge in [0, 0.05) is 36.6 Å². The largest absolute Gasteiger partial charge is 0.508 e. The predicted molar refractivity (Wildman–Crippen MR) is 80.7 cm³/mol. The van der Waals surface area contributed by atoms with Crippen molar-refractivity contribution in [1.82, 2.24) is 0 Å². The van der Waals surface area contributed by atoms with Crippen molar-refractivity contribution in [3.63, 3.8) is 0 Å². The van der Waals surface area contributed by atoms with Crippen molar-refractivity contribution >= 4 is 11.8 Å². The van der Waals surface area contributed by atoms with Crippen LogP contribution in [0.1, 0.15) is 18.1 Å². The molecule has 1 aliphatic rings. The number of hydrogen-bond donors (Lipinski definition) is 3. The van der Waals surface area contributed by atoms with Crippen molar-refractivity contribution in [3.8, 4) is 23.0 Å². The first-order valence-corrected chi connectivity index (χ1v) is 7.08. The molecule has 0 spiro atoms. The zero-order valence-electron chi connectivity index (χ0n) is 12.6. The minimum atomic E-state index is -2.05. The summed E-state index contributed by atoms with van der Waals surface area (Å²) in [5.41, 5.74) is 0.397. The minimum Gasteiger partial charge on any atom is -0.508 e. The van der Waals surface area contributed by atoms with Crippen LogP contribution in [-0.4, -0.2) is 27.1 Å². The Bertz CT molecular complexity index is 826. The Morgan fingerprint density at radius 2 is 1.79 bits per heavy atom. The third kappa shape index (κ3) is 2.50. The number of phenolic OH excluding ortho intramolecular Hbond substituents is 3. The van der Waals surface area contributed by atoms with Crippen molar-refractivity contribution in [2.75, 3.05) is 0 Å². The van der Waals surface area contributed by atoms with Gasteiger partial charge in [-0.05, 0) is 24.3 Å². The molecule has 0 saturated carbocycles. The number of ketones is 1. The molecule has 1 aliphatic heterocycles. The molecule has 7 nitrogen and oxygen atoms in total. The molecule has 24 heavy (non-hydrogen) atoms. The van der Waals surface area contributed by atoms with Gasteiger partial charge in [0.15, 0.2) is 0 Å². The Hall–Kier alpha value is -3.22. The number of esters is 1. The molecule has 2 aromatic carbocycles. The van der Waals surface area contributed by atoms with Gasteiger partial charge >= 0.3 is 11.8 Å². The summed E-state index contributed by atoms with van der Waals surface area (Å²) in [4.78, 5) is 24.2. The van der Waals surface area contributed by atoms with Crippen LogP contribution in [0.5, 0.6) is 23.0 Å². The van der Waals surface area contributed by atoms with Gasteiger partial charge in [-0.3, -0.25) is 9.59 Å². The van der Waals surface area contributed by atoms with Crippen LogP contribution in [0.15, 0.2) is 36.4 Å². The smallest absolute Gasteiger partial charge is 0.341 e. The van der Waals surface area contributed by atoms with Crippen LogP contribution >= 0.6 is 0 Å². The standard InChI is InChI=1S/C17H14O7/c1-9(18)23-17(10-2-4-11(19)5-3-10)16(22)8-13-14(21)6-12(20)7-15(13)24-17/h2-7,19-21H,8H2,1H3/t17-/m0/s1. The highest BCUT2D eigenvalue weighted by Crippen LogP contribution is 2.43. The first kappa shape index (κ1) is 15.7. The molecule has 0 radical (unpaired) electrons. The van der Waals surface area contributed by atoms with Crippen LogP contribution < -0.4 is 4.74 Å². The van der Waals surface area contributed by atoms with E-state index in [1.165, 1.54) is 30.3 Å². The van der Waals surface area contributed by atoms with E-state index in [1.54, 1.807) is 0 Å². The van der Waals surface area contributed by atoms with Gasteiger partial charge in [0.05, 0.1) is 0 Å². The second-order valence-corrected chi connectivity index (χ2v) is 5.40. The van der Waals surface area contributed by atoms with E-state index in [0.717, 1.165) is 13.0 Å². The molecule has 0 fully saturated rings. The molecule has 3 N–H and O–H groups in total. The van der Waals surface area contributed by atoms with E-state index < -0.39 is 17.5 Å². The van der Waals surface area contributed by atoms with Gasteiger partial charge in [0.1, 0.15) is 23.0 Å². The van der Waals surface area contributed by atoms with E-state index >= 15 is 0 Å². The Morgan fingerprint density at radius 3 is 2.42 bits per heavy atom. The molecule has 0 unspecified atom stereocenters. The molecule has 1 atom stereocenters. The van der Waals surface area contributed by atoms with Crippen molar-refractivity contribution in [2.24, 2.45) is 0 Å². The number of fused-ring (bicyclic) bond motifs is 1. The number of Topliss-reactive ketones (excluding diaryl/α,β-unsaturated/α-hetero) is 1. The number of benzene rings is 2. The molecule has 3 rings (SSSR count). The molecule has 124 valence electrons. The lowest BCUT2D eigenvalue weighted by molar-refractivity contribution is -0.206. The van der Waals surface area contributed by atoms with Gasteiger partial charge in [0.25, 0.3) is 0 Å². The Labute approximate surface area is 136 Å². The monoisotopic (exact) mass is 330 g/mol. The van der Waals surface area contributed by atoms with Gasteiger partial charge in [-0.25, -0.2) is 0 Å². The van der Waals surface area contributed by atoms with Crippen molar-refractivity contribution in [1.29, 1.82) is 0 Å². The van der Waals surface area contributed by atoms with E-state index in [-0.39, 0.29) is 40.5 Å². The first-order chi connectivity index (χ1) is 11.3. The van der Waals surface area contributed by atoms with Crippen LogP contribution in [0, 0.1) is 0 Å². The Kier molecular flexibility index (Phi) is 3.56. The molecule has 0 aromatic heterocycles. The highest BCUT2D eigenvalue weighted by molar-refractivity contribution is 5.93. The third-order valence-corrected chi connectivity index (χ3v) is 3.66. The molecular weight excluding hydrogens is 316 g/mol. The lowest BCUT2D eigenvalue weighted by Crippen LogP contribution is -2.48. The Morgan fingerprint density at radius 1 is 1.12 bits per heavy atom. The van der Waals surface area contributed by atoms with Gasteiger partial charge < -0.3 is 24.8 Å². The van der Waals surface area contributed by atoms with Crippen molar-refractivity contribution < 1.29 is 34.4 Å². The van der Waals surface area contributed by atoms with Crippen LogP contribution in [-0.2, 0) is 26.5 Å². The summed E-state index contributed by atoms with van der Waals surface area (Å²) >= 11 is 0. The number of phenols is 3. The maximum absolute atomic E-state index is 12.7. The number of rotatable bonds is 2. The van der Waals surface area contributed by atoms with Crippen molar-refractivity contribution in [3.05, 3.63) is 47.5 Å². The minimum absolute atomic E-state index is 0.0291. The summed E-state index contributed by atoms with van der Waals surface area (Å²) < 4.78 is 10.8. The first-order valence-electron chi connectivity index (χ1n) is 7.08. The highest BCUT2D eigenvalue weighted by atomic mass is 16.7. The summed E-state index contributed by atoms with van der Waals surface area (Å²) in [5.74, 6) is -3.95. The molecule has 2 aromatic rings. The second kappa shape index (κ2) is 5.45. The number of carbonyl (C=O) groups is 2. The zero-order chi connectivity index (χ0) is 17.5. The topological polar surface area (TPSA) is 113 Å². The summed E-state index contributed by atoms with van der Waals surface area (Å²) in [5, 5.41) is 28.9. The highest BCUT2D eigenvalue weighted by Gasteiger charge is 2.50. The maximum atomic E-state index is 12.7. The number of aromatic hydroxyl groups is 3. The van der Waals surface area contributed by atoms with E-state index in [4.69, 9.17) is 9.47 Å². The normalized spacial score (nSPS) is 19.3. The van der Waals surface area contributed by atoms with E-state index in [1.807, 2.05) is 0 Å². The fourth-order valence-electron chi connectivity index (χ4n) is 2.61. The van der Waals surface area contributed by atoms with Gasteiger partial charge in [-0.15, -0.1) is 0 Å². The molecular formula is C17H14O7. The Balaban J connectivity index is 2.17. The number of hydrogen-bond acceptors (Lipinski definition) is 7. The van der Waals surface area contributed by atoms with E-state index in [2.05, 4.69) is 0 Å². The molecule has 7 heteroatoms. The lowest BCUT2D eigenvalue weighted by atomic mass is 9.92. The third-order valence-electron chi connectivity index (χ3n) is 3.66. The van der Waals surface area contributed by atoms with E-state index in [9.17, 15) is 24.9 Å². The molecule has 0 bridgehead atoms. The number of carbonyl (C=O) groups excluding carboxylic acids is 2. The summed E-state index contributed by atoms with van der Waals surface area (Å²) in [7, 11) is 0. The van der Waals surface area contributed by atoms with Crippen LogP contribution in [0.3, 0.4) is 0 Å². The van der Waals surface area contributed by atoms with Crippen LogP contribution in [0.2, 0.25) is 0 Å². The fraction of sp³-hybridized carbons (Fsp3) is 0.176. The summed E-state index contributed by atoms with van der Waals surface area (Å²) in [6, 6.07) is 7.75. The average Bonchev–Trinajstić information content (AvgIpc) is 2.49. The summed E-state index contributed by atoms with van der Waals surface area (Å²) in [6.07, 6.45) is -0.254. The SMILES string of the molecule is CC(=O)O[C@@]1(c2ccc(O)cc2)Oc2cc(O)cc(O)c2CC1=O. The maximum Gasteiger partial charge on any atom is 0.341 e. The zero-order valence-corrected chi connectivity index (χ0v) is 12.6. The van der Waals surface area contributed by atoms with Crippen LogP contribution in [0.4, 0.5) is 0 Å². The van der Waals surface area contributed by atoms with Gasteiger partial charge in [-0.2, -0.15) is 0 Å². The summed E-state index contributed by atoms with van der Waals surface area (Å²) in [6.45, 7) is 1.13. The van der Waals surface area contributed by atoms with Gasteiger partial charge in [-0.1, -0.05) is 0 Å². The second-order valence-electron chi connectivity index (χ2n) is 5.40. The predicted octanol–water partition coefficient (Wildman–Crippen LogP) is 1.72.